The highest BCUT2D eigenvalue weighted by molar-refractivity contribution is 6.63. The zero-order valence-electron chi connectivity index (χ0n) is 23.4. The molecular formula is C36H32BNO2. The molecule has 0 saturated carbocycles. The summed E-state index contributed by atoms with van der Waals surface area (Å²) in [6.45, 7) is 8.41. The smallest absolute Gasteiger partial charge is 0.399 e. The average Bonchev–Trinajstić information content (AvgIpc) is 3.41. The van der Waals surface area contributed by atoms with Crippen LogP contribution in [0.3, 0.4) is 0 Å². The number of aromatic nitrogens is 1. The molecule has 0 radical (unpaired) electrons. The Morgan fingerprint density at radius 3 is 1.45 bits per heavy atom. The average molecular weight is 521 g/mol. The molecule has 0 amide bonds. The Morgan fingerprint density at radius 2 is 0.950 bits per heavy atom. The maximum atomic E-state index is 6.53. The quantitative estimate of drug-likeness (QED) is 0.218. The van der Waals surface area contributed by atoms with Crippen LogP contribution in [0.1, 0.15) is 27.7 Å². The van der Waals surface area contributed by atoms with Crippen molar-refractivity contribution in [3.63, 3.8) is 0 Å². The predicted octanol–water partition coefficient (Wildman–Crippen LogP) is 8.42. The lowest BCUT2D eigenvalue weighted by atomic mass is 9.77. The van der Waals surface area contributed by atoms with Gasteiger partial charge in [-0.2, -0.15) is 0 Å². The van der Waals surface area contributed by atoms with Crippen LogP contribution in [0.5, 0.6) is 0 Å². The molecule has 5 aromatic carbocycles. The van der Waals surface area contributed by atoms with Crippen LogP contribution in [-0.4, -0.2) is 22.9 Å². The van der Waals surface area contributed by atoms with Crippen molar-refractivity contribution in [3.8, 4) is 27.9 Å². The summed E-state index contributed by atoms with van der Waals surface area (Å²) in [6.07, 6.45) is 0. The highest BCUT2D eigenvalue weighted by Gasteiger charge is 2.52. The first kappa shape index (κ1) is 24.9. The third-order valence-corrected chi connectivity index (χ3v) is 8.66. The Labute approximate surface area is 236 Å². The van der Waals surface area contributed by atoms with Gasteiger partial charge in [-0.3, -0.25) is 0 Å². The number of fused-ring (bicyclic) bond motifs is 3. The molecule has 7 rings (SSSR count). The topological polar surface area (TPSA) is 23.4 Å². The highest BCUT2D eigenvalue weighted by atomic mass is 16.7. The normalized spacial score (nSPS) is 16.1. The second kappa shape index (κ2) is 9.23. The first-order valence-electron chi connectivity index (χ1n) is 14.0. The first-order chi connectivity index (χ1) is 19.3. The lowest BCUT2D eigenvalue weighted by Crippen LogP contribution is -2.41. The molecule has 0 bridgehead atoms. The lowest BCUT2D eigenvalue weighted by Gasteiger charge is -2.32. The van der Waals surface area contributed by atoms with Crippen molar-refractivity contribution in [1.29, 1.82) is 0 Å². The Hall–Kier alpha value is -4.12. The minimum absolute atomic E-state index is 0.416. The van der Waals surface area contributed by atoms with E-state index in [2.05, 4.69) is 154 Å². The number of hydrogen-bond donors (Lipinski definition) is 0. The molecule has 2 heterocycles. The first-order valence-corrected chi connectivity index (χ1v) is 14.0. The number of benzene rings is 5. The summed E-state index contributed by atoms with van der Waals surface area (Å²) in [5.74, 6) is 0. The van der Waals surface area contributed by atoms with E-state index in [0.717, 1.165) is 22.2 Å². The van der Waals surface area contributed by atoms with Crippen molar-refractivity contribution in [2.45, 2.75) is 38.9 Å². The van der Waals surface area contributed by atoms with Crippen molar-refractivity contribution in [1.82, 2.24) is 4.57 Å². The van der Waals surface area contributed by atoms with Gasteiger partial charge >= 0.3 is 7.12 Å². The second-order valence-corrected chi connectivity index (χ2v) is 11.7. The van der Waals surface area contributed by atoms with E-state index >= 15 is 0 Å². The highest BCUT2D eigenvalue weighted by Crippen LogP contribution is 2.39. The number of para-hydroxylation sites is 1. The summed E-state index contributed by atoms with van der Waals surface area (Å²) in [6, 6.07) is 43.3. The zero-order valence-corrected chi connectivity index (χ0v) is 23.4. The fraction of sp³-hybridized carbons (Fsp3) is 0.167. The Morgan fingerprint density at radius 1 is 0.500 bits per heavy atom. The maximum absolute atomic E-state index is 6.53. The van der Waals surface area contributed by atoms with Crippen LogP contribution >= 0.6 is 0 Å². The Balaban J connectivity index is 1.48. The van der Waals surface area contributed by atoms with Crippen LogP contribution < -0.4 is 5.46 Å². The van der Waals surface area contributed by atoms with Gasteiger partial charge < -0.3 is 13.9 Å². The van der Waals surface area contributed by atoms with Crippen LogP contribution in [0.4, 0.5) is 0 Å². The number of nitrogens with zero attached hydrogens (tertiary/aromatic N) is 1. The van der Waals surface area contributed by atoms with Crippen molar-refractivity contribution in [2.75, 3.05) is 0 Å². The van der Waals surface area contributed by atoms with E-state index in [1.54, 1.807) is 0 Å². The van der Waals surface area contributed by atoms with Gasteiger partial charge in [-0.05, 0) is 80.3 Å². The monoisotopic (exact) mass is 521 g/mol. The van der Waals surface area contributed by atoms with E-state index in [0.29, 0.717) is 0 Å². The molecule has 1 fully saturated rings. The van der Waals surface area contributed by atoms with Crippen molar-refractivity contribution < 1.29 is 9.31 Å². The molecule has 0 aliphatic carbocycles. The van der Waals surface area contributed by atoms with Gasteiger partial charge in [0, 0.05) is 21.9 Å². The minimum Gasteiger partial charge on any atom is -0.399 e. The van der Waals surface area contributed by atoms with E-state index in [1.165, 1.54) is 33.0 Å². The van der Waals surface area contributed by atoms with Gasteiger partial charge in [-0.15, -0.1) is 0 Å². The van der Waals surface area contributed by atoms with Gasteiger partial charge in [0.25, 0.3) is 0 Å². The summed E-state index contributed by atoms with van der Waals surface area (Å²) in [5.41, 5.74) is 8.41. The molecule has 3 nitrogen and oxygen atoms in total. The second-order valence-electron chi connectivity index (χ2n) is 11.7. The largest absolute Gasteiger partial charge is 0.496 e. The summed E-state index contributed by atoms with van der Waals surface area (Å²) in [4.78, 5) is 0. The van der Waals surface area contributed by atoms with E-state index < -0.39 is 18.3 Å². The van der Waals surface area contributed by atoms with E-state index in [4.69, 9.17) is 9.31 Å². The molecule has 6 aromatic rings. The van der Waals surface area contributed by atoms with Gasteiger partial charge in [-0.1, -0.05) is 91.0 Å². The molecule has 196 valence electrons. The summed E-state index contributed by atoms with van der Waals surface area (Å²) >= 11 is 0. The summed E-state index contributed by atoms with van der Waals surface area (Å²) < 4.78 is 15.4. The van der Waals surface area contributed by atoms with Gasteiger partial charge in [0.1, 0.15) is 0 Å². The predicted molar refractivity (Wildman–Crippen MR) is 167 cm³/mol. The van der Waals surface area contributed by atoms with Crippen molar-refractivity contribution >= 4 is 34.4 Å². The molecule has 0 spiro atoms. The van der Waals surface area contributed by atoms with Crippen LogP contribution in [0.15, 0.2) is 121 Å². The molecule has 0 atom stereocenters. The molecule has 0 N–H and O–H groups in total. The van der Waals surface area contributed by atoms with Crippen molar-refractivity contribution in [2.24, 2.45) is 0 Å². The Kier molecular flexibility index (Phi) is 5.74. The minimum atomic E-state index is -0.458. The SMILES string of the molecule is CC1(C)OB(c2ccccc2-n2c3ccc(-c4ccccc4)cc3c3cc(-c4ccccc4)ccc32)OC1(C)C. The van der Waals surface area contributed by atoms with Crippen molar-refractivity contribution in [3.05, 3.63) is 121 Å². The molecular weight excluding hydrogens is 489 g/mol. The van der Waals surface area contributed by atoms with Gasteiger partial charge in [0.05, 0.1) is 22.2 Å². The van der Waals surface area contributed by atoms with Crippen LogP contribution in [-0.2, 0) is 9.31 Å². The van der Waals surface area contributed by atoms with E-state index in [1.807, 2.05) is 0 Å². The third-order valence-electron chi connectivity index (χ3n) is 8.66. The Bertz CT molecular complexity index is 1740. The molecule has 1 aromatic heterocycles. The zero-order chi connectivity index (χ0) is 27.5. The maximum Gasteiger partial charge on any atom is 0.496 e. The lowest BCUT2D eigenvalue weighted by molar-refractivity contribution is 0.00578. The fourth-order valence-corrected chi connectivity index (χ4v) is 5.76. The van der Waals surface area contributed by atoms with Gasteiger partial charge in [0.2, 0.25) is 0 Å². The number of rotatable bonds is 4. The van der Waals surface area contributed by atoms with Crippen LogP contribution in [0.2, 0.25) is 0 Å². The number of hydrogen-bond acceptors (Lipinski definition) is 2. The third kappa shape index (κ3) is 3.99. The molecule has 1 aliphatic rings. The fourth-order valence-electron chi connectivity index (χ4n) is 5.76. The molecule has 1 saturated heterocycles. The van der Waals surface area contributed by atoms with E-state index in [9.17, 15) is 0 Å². The van der Waals surface area contributed by atoms with E-state index in [-0.39, 0.29) is 0 Å². The molecule has 1 aliphatic heterocycles. The standard InChI is InChI=1S/C36H32BNO2/c1-35(2)36(3,4)40-37(39-35)31-17-11-12-18-34(31)38-32-21-19-27(25-13-7-5-8-14-25)23-29(32)30-24-28(20-22-33(30)38)26-15-9-6-10-16-26/h5-24H,1-4H3. The molecule has 0 unspecified atom stereocenters. The summed E-state index contributed by atoms with van der Waals surface area (Å²) in [5, 5.41) is 2.44. The van der Waals surface area contributed by atoms with Crippen LogP contribution in [0.25, 0.3) is 49.7 Å². The summed E-state index contributed by atoms with van der Waals surface area (Å²) in [7, 11) is -0.458. The van der Waals surface area contributed by atoms with Gasteiger partial charge in [0.15, 0.2) is 0 Å². The van der Waals surface area contributed by atoms with Crippen LogP contribution in [0, 0.1) is 0 Å². The molecule has 40 heavy (non-hydrogen) atoms. The molecule has 4 heteroatoms. The van der Waals surface area contributed by atoms with Gasteiger partial charge in [-0.25, -0.2) is 0 Å².